The molecule has 30 heavy (non-hydrogen) atoms. The standard InChI is InChI=1S/C22H30N2O5S/c1-21(2)9-5-10-22(27,15-21)14-19(25)23-18-7-4-6-17-16(18)8-11-24(20(17)26)12-13-30(3,28)29/h4,6-8,11,27H,5,9-10,12-15H2,1-3H3,(H,23,25). The van der Waals surface area contributed by atoms with Crippen LogP contribution in [0.25, 0.3) is 10.8 Å². The second-order valence-electron chi connectivity index (χ2n) is 9.35. The molecule has 1 atom stereocenters. The third-order valence-corrected chi connectivity index (χ3v) is 6.71. The van der Waals surface area contributed by atoms with Crippen LogP contribution in [0.3, 0.4) is 0 Å². The van der Waals surface area contributed by atoms with Gasteiger partial charge in [0.15, 0.2) is 0 Å². The second-order valence-corrected chi connectivity index (χ2v) is 11.6. The van der Waals surface area contributed by atoms with Gasteiger partial charge in [0, 0.05) is 35.5 Å². The largest absolute Gasteiger partial charge is 0.389 e. The van der Waals surface area contributed by atoms with Crippen molar-refractivity contribution in [2.24, 2.45) is 5.41 Å². The van der Waals surface area contributed by atoms with Crippen LogP contribution in [0.2, 0.25) is 0 Å². The molecule has 1 aliphatic rings. The predicted molar refractivity (Wildman–Crippen MR) is 118 cm³/mol. The summed E-state index contributed by atoms with van der Waals surface area (Å²) in [5, 5.41) is 14.7. The maximum atomic E-state index is 12.7. The zero-order valence-corrected chi connectivity index (χ0v) is 18.6. The van der Waals surface area contributed by atoms with Gasteiger partial charge in [-0.2, -0.15) is 0 Å². The number of carbonyl (C=O) groups excluding carboxylic acids is 1. The Balaban J connectivity index is 1.80. The molecule has 0 bridgehead atoms. The highest BCUT2D eigenvalue weighted by Gasteiger charge is 2.39. The van der Waals surface area contributed by atoms with Gasteiger partial charge in [0.05, 0.1) is 17.8 Å². The van der Waals surface area contributed by atoms with Crippen molar-refractivity contribution in [1.82, 2.24) is 4.57 Å². The number of anilines is 1. The lowest BCUT2D eigenvalue weighted by Crippen LogP contribution is -2.41. The molecule has 0 radical (unpaired) electrons. The van der Waals surface area contributed by atoms with Gasteiger partial charge in [-0.3, -0.25) is 9.59 Å². The molecule has 164 valence electrons. The Kier molecular flexibility index (Phi) is 6.11. The summed E-state index contributed by atoms with van der Waals surface area (Å²) in [4.78, 5) is 25.4. The van der Waals surface area contributed by atoms with E-state index in [0.29, 0.717) is 29.3 Å². The highest BCUT2D eigenvalue weighted by molar-refractivity contribution is 7.90. The van der Waals surface area contributed by atoms with Crippen LogP contribution in [0.5, 0.6) is 0 Å². The SMILES string of the molecule is CC1(C)CCCC(O)(CC(=O)Nc2cccc3c(=O)n(CCS(C)(=O)=O)ccc23)C1. The van der Waals surface area contributed by atoms with E-state index >= 15 is 0 Å². The van der Waals surface area contributed by atoms with Gasteiger partial charge in [-0.15, -0.1) is 0 Å². The van der Waals surface area contributed by atoms with Crippen molar-refractivity contribution in [2.45, 2.75) is 58.1 Å². The summed E-state index contributed by atoms with van der Waals surface area (Å²) < 4.78 is 24.2. The zero-order valence-electron chi connectivity index (χ0n) is 17.8. The van der Waals surface area contributed by atoms with E-state index in [4.69, 9.17) is 0 Å². The number of hydrogen-bond donors (Lipinski definition) is 2. The van der Waals surface area contributed by atoms with Gasteiger partial charge in [-0.25, -0.2) is 8.42 Å². The van der Waals surface area contributed by atoms with Crippen molar-refractivity contribution in [1.29, 1.82) is 0 Å². The number of nitrogens with one attached hydrogen (secondary N) is 1. The van der Waals surface area contributed by atoms with E-state index in [2.05, 4.69) is 19.2 Å². The van der Waals surface area contributed by atoms with Crippen molar-refractivity contribution in [3.8, 4) is 0 Å². The maximum absolute atomic E-state index is 12.7. The highest BCUT2D eigenvalue weighted by Crippen LogP contribution is 2.42. The number of carbonyl (C=O) groups is 1. The van der Waals surface area contributed by atoms with Crippen molar-refractivity contribution < 1.29 is 18.3 Å². The second kappa shape index (κ2) is 8.15. The summed E-state index contributed by atoms with van der Waals surface area (Å²) in [6.07, 6.45) is 5.79. The van der Waals surface area contributed by atoms with E-state index in [1.807, 2.05) is 0 Å². The summed E-state index contributed by atoms with van der Waals surface area (Å²) in [5.74, 6) is -0.409. The lowest BCUT2D eigenvalue weighted by molar-refractivity contribution is -0.124. The fourth-order valence-electron chi connectivity index (χ4n) is 4.48. The number of aryl methyl sites for hydroxylation is 1. The molecule has 0 aliphatic heterocycles. The number of aliphatic hydroxyl groups is 1. The fraction of sp³-hybridized carbons (Fsp3) is 0.545. The first-order valence-corrected chi connectivity index (χ1v) is 12.3. The normalized spacial score (nSPS) is 21.5. The molecule has 7 nitrogen and oxygen atoms in total. The van der Waals surface area contributed by atoms with Gasteiger partial charge in [0.1, 0.15) is 9.84 Å². The maximum Gasteiger partial charge on any atom is 0.258 e. The van der Waals surface area contributed by atoms with Crippen LogP contribution in [-0.2, 0) is 21.2 Å². The molecular formula is C22H30N2O5S. The van der Waals surface area contributed by atoms with E-state index in [1.54, 1.807) is 30.5 Å². The fourth-order valence-corrected chi connectivity index (χ4v) is 5.00. The molecule has 8 heteroatoms. The van der Waals surface area contributed by atoms with E-state index < -0.39 is 15.4 Å². The molecule has 1 aliphatic carbocycles. The molecule has 1 unspecified atom stereocenters. The number of rotatable bonds is 6. The van der Waals surface area contributed by atoms with Crippen LogP contribution < -0.4 is 10.9 Å². The average molecular weight is 435 g/mol. The van der Waals surface area contributed by atoms with E-state index in [1.165, 1.54) is 4.57 Å². The average Bonchev–Trinajstić information content (AvgIpc) is 2.59. The highest BCUT2D eigenvalue weighted by atomic mass is 32.2. The zero-order chi connectivity index (χ0) is 22.2. The smallest absolute Gasteiger partial charge is 0.258 e. The summed E-state index contributed by atoms with van der Waals surface area (Å²) in [7, 11) is -3.19. The molecule has 2 aromatic rings. The molecule has 0 saturated heterocycles. The number of nitrogens with zero attached hydrogens (tertiary/aromatic N) is 1. The molecule has 1 heterocycles. The van der Waals surface area contributed by atoms with Gasteiger partial charge >= 0.3 is 0 Å². The molecule has 3 rings (SSSR count). The van der Waals surface area contributed by atoms with Crippen molar-refractivity contribution in [3.63, 3.8) is 0 Å². The summed E-state index contributed by atoms with van der Waals surface area (Å²) in [6.45, 7) is 4.29. The Morgan fingerprint density at radius 2 is 1.93 bits per heavy atom. The first-order valence-electron chi connectivity index (χ1n) is 10.2. The number of benzene rings is 1. The van der Waals surface area contributed by atoms with Crippen LogP contribution in [0, 0.1) is 5.41 Å². The topological polar surface area (TPSA) is 105 Å². The van der Waals surface area contributed by atoms with E-state index in [9.17, 15) is 23.1 Å². The Bertz CT molecular complexity index is 1120. The number of pyridine rings is 1. The van der Waals surface area contributed by atoms with Crippen molar-refractivity contribution >= 4 is 32.2 Å². The number of hydrogen-bond acceptors (Lipinski definition) is 5. The number of aromatic nitrogens is 1. The molecule has 1 aromatic heterocycles. The monoisotopic (exact) mass is 434 g/mol. The Morgan fingerprint density at radius 3 is 2.60 bits per heavy atom. The van der Waals surface area contributed by atoms with Crippen LogP contribution >= 0.6 is 0 Å². The minimum atomic E-state index is -3.19. The predicted octanol–water partition coefficient (Wildman–Crippen LogP) is 2.71. The van der Waals surface area contributed by atoms with Gasteiger partial charge in [-0.05, 0) is 42.9 Å². The summed E-state index contributed by atoms with van der Waals surface area (Å²) in [5.41, 5.74) is -0.818. The lowest BCUT2D eigenvalue weighted by atomic mass is 9.68. The van der Waals surface area contributed by atoms with Gasteiger partial charge in [0.25, 0.3) is 5.56 Å². The quantitative estimate of drug-likeness (QED) is 0.727. The minimum absolute atomic E-state index is 0.00375. The Labute approximate surface area is 177 Å². The van der Waals surface area contributed by atoms with Crippen LogP contribution in [0.1, 0.15) is 46.0 Å². The minimum Gasteiger partial charge on any atom is -0.389 e. The first-order chi connectivity index (χ1) is 13.9. The van der Waals surface area contributed by atoms with Crippen molar-refractivity contribution in [3.05, 3.63) is 40.8 Å². The van der Waals surface area contributed by atoms with Gasteiger partial charge in [-0.1, -0.05) is 26.3 Å². The van der Waals surface area contributed by atoms with Crippen molar-refractivity contribution in [2.75, 3.05) is 17.3 Å². The van der Waals surface area contributed by atoms with Crippen LogP contribution in [0.4, 0.5) is 5.69 Å². The van der Waals surface area contributed by atoms with Gasteiger partial charge < -0.3 is 15.0 Å². The van der Waals surface area contributed by atoms with E-state index in [0.717, 1.165) is 19.1 Å². The number of amides is 1. The van der Waals surface area contributed by atoms with Crippen LogP contribution in [-0.4, -0.2) is 41.6 Å². The van der Waals surface area contributed by atoms with E-state index in [-0.39, 0.29) is 35.6 Å². The number of fused-ring (bicyclic) bond motifs is 1. The molecular weight excluding hydrogens is 404 g/mol. The van der Waals surface area contributed by atoms with Crippen LogP contribution in [0.15, 0.2) is 35.3 Å². The Hall–Kier alpha value is -2.19. The van der Waals surface area contributed by atoms with Gasteiger partial charge in [0.2, 0.25) is 5.91 Å². The molecule has 2 N–H and O–H groups in total. The summed E-state index contributed by atoms with van der Waals surface area (Å²) >= 11 is 0. The first kappa shape index (κ1) is 22.5. The molecule has 0 spiro atoms. The molecule has 1 saturated carbocycles. The molecule has 1 fully saturated rings. The third-order valence-electron chi connectivity index (χ3n) is 5.79. The molecule has 1 aromatic carbocycles. The third kappa shape index (κ3) is 5.49. The molecule has 1 amide bonds. The summed E-state index contributed by atoms with van der Waals surface area (Å²) in [6, 6.07) is 6.75. The Morgan fingerprint density at radius 1 is 1.20 bits per heavy atom. The lowest BCUT2D eigenvalue weighted by Gasteiger charge is -2.41. The number of sulfone groups is 1.